The fourth-order valence-electron chi connectivity index (χ4n) is 3.70. The highest BCUT2D eigenvalue weighted by Gasteiger charge is 2.29. The van der Waals surface area contributed by atoms with Gasteiger partial charge in [-0.25, -0.2) is 9.18 Å². The Kier molecular flexibility index (Phi) is 5.64. The van der Waals surface area contributed by atoms with Gasteiger partial charge in [-0.3, -0.25) is 4.79 Å². The van der Waals surface area contributed by atoms with Crippen LogP contribution in [0.2, 0.25) is 0 Å². The predicted octanol–water partition coefficient (Wildman–Crippen LogP) is 2.76. The lowest BCUT2D eigenvalue weighted by Gasteiger charge is -2.33. The Balaban J connectivity index is 1.65. The van der Waals surface area contributed by atoms with E-state index in [1.54, 1.807) is 30.0 Å². The largest absolute Gasteiger partial charge is 0.370 e. The van der Waals surface area contributed by atoms with Gasteiger partial charge in [-0.05, 0) is 37.8 Å². The number of benzene rings is 1. The molecular formula is C19H27FN4O2. The van der Waals surface area contributed by atoms with E-state index in [9.17, 15) is 14.0 Å². The summed E-state index contributed by atoms with van der Waals surface area (Å²) in [5, 5.41) is 2.82. The second-order valence-electron chi connectivity index (χ2n) is 7.26. The minimum atomic E-state index is -0.400. The number of para-hydroxylation sites is 1. The van der Waals surface area contributed by atoms with Gasteiger partial charge in [-0.15, -0.1) is 0 Å². The van der Waals surface area contributed by atoms with E-state index < -0.39 is 5.82 Å². The van der Waals surface area contributed by atoms with Crippen molar-refractivity contribution in [1.82, 2.24) is 9.80 Å². The zero-order chi connectivity index (χ0) is 18.7. The Bertz CT molecular complexity index is 666. The van der Waals surface area contributed by atoms with E-state index in [2.05, 4.69) is 10.2 Å². The Morgan fingerprint density at radius 2 is 1.77 bits per heavy atom. The standard InChI is InChI=1S/C19H27FN4O2/c1-22(2)19(26)24-12-8-14(9-13-24)18(25)21-17-15(20)6-5-7-16(17)23-10-3-4-11-23/h5-7,14H,3-4,8-13H2,1-2H3,(H,21,25). The van der Waals surface area contributed by atoms with Crippen LogP contribution in [0.1, 0.15) is 25.7 Å². The van der Waals surface area contributed by atoms with Crippen LogP contribution in [0, 0.1) is 11.7 Å². The number of likely N-dealkylation sites (tertiary alicyclic amines) is 1. The summed E-state index contributed by atoms with van der Waals surface area (Å²) < 4.78 is 14.4. The molecular weight excluding hydrogens is 335 g/mol. The molecule has 0 spiro atoms. The van der Waals surface area contributed by atoms with Gasteiger partial charge in [0.05, 0.1) is 5.69 Å². The third-order valence-corrected chi connectivity index (χ3v) is 5.21. The van der Waals surface area contributed by atoms with Crippen LogP contribution in [0.25, 0.3) is 0 Å². The maximum atomic E-state index is 14.4. The van der Waals surface area contributed by atoms with Crippen molar-refractivity contribution < 1.29 is 14.0 Å². The molecule has 2 fully saturated rings. The van der Waals surface area contributed by atoms with Crippen molar-refractivity contribution in [3.8, 4) is 0 Å². The number of carbonyl (C=O) groups is 2. The van der Waals surface area contributed by atoms with E-state index in [0.29, 0.717) is 25.9 Å². The molecule has 142 valence electrons. The molecule has 2 saturated heterocycles. The number of hydrogen-bond acceptors (Lipinski definition) is 3. The smallest absolute Gasteiger partial charge is 0.319 e. The molecule has 6 nitrogen and oxygen atoms in total. The van der Waals surface area contributed by atoms with Crippen LogP contribution in [-0.4, -0.2) is 62.0 Å². The van der Waals surface area contributed by atoms with Crippen LogP contribution < -0.4 is 10.2 Å². The number of nitrogens with zero attached hydrogens (tertiary/aromatic N) is 3. The van der Waals surface area contributed by atoms with Crippen molar-refractivity contribution in [2.45, 2.75) is 25.7 Å². The van der Waals surface area contributed by atoms with Gasteiger partial charge in [0, 0.05) is 46.2 Å². The van der Waals surface area contributed by atoms with Crippen LogP contribution in [0.15, 0.2) is 18.2 Å². The van der Waals surface area contributed by atoms with E-state index in [-0.39, 0.29) is 23.5 Å². The lowest BCUT2D eigenvalue weighted by Crippen LogP contribution is -2.45. The van der Waals surface area contributed by atoms with Gasteiger partial charge in [0.2, 0.25) is 5.91 Å². The Morgan fingerprint density at radius 3 is 2.38 bits per heavy atom. The van der Waals surface area contributed by atoms with Gasteiger partial charge in [-0.2, -0.15) is 0 Å². The molecule has 0 unspecified atom stereocenters. The van der Waals surface area contributed by atoms with Crippen molar-refractivity contribution in [2.75, 3.05) is 50.5 Å². The van der Waals surface area contributed by atoms with Gasteiger partial charge in [0.25, 0.3) is 0 Å². The molecule has 2 heterocycles. The van der Waals surface area contributed by atoms with Crippen LogP contribution in [-0.2, 0) is 4.79 Å². The number of nitrogens with one attached hydrogen (secondary N) is 1. The first-order valence-electron chi connectivity index (χ1n) is 9.28. The molecule has 0 aromatic heterocycles. The third-order valence-electron chi connectivity index (χ3n) is 5.21. The summed E-state index contributed by atoms with van der Waals surface area (Å²) in [5.41, 5.74) is 1.04. The first kappa shape index (κ1) is 18.5. The average molecular weight is 362 g/mol. The lowest BCUT2D eigenvalue weighted by atomic mass is 9.96. The van der Waals surface area contributed by atoms with Gasteiger partial charge in [0.1, 0.15) is 11.5 Å². The molecule has 0 radical (unpaired) electrons. The second kappa shape index (κ2) is 7.93. The number of amides is 3. The van der Waals surface area contributed by atoms with E-state index in [4.69, 9.17) is 0 Å². The van der Waals surface area contributed by atoms with Crippen molar-refractivity contribution >= 4 is 23.3 Å². The first-order chi connectivity index (χ1) is 12.5. The van der Waals surface area contributed by atoms with Crippen LogP contribution in [0.5, 0.6) is 0 Å². The maximum absolute atomic E-state index is 14.4. The summed E-state index contributed by atoms with van der Waals surface area (Å²) in [6, 6.07) is 4.90. The van der Waals surface area contributed by atoms with Gasteiger partial charge in [-0.1, -0.05) is 6.07 Å². The summed E-state index contributed by atoms with van der Waals surface area (Å²) in [6.45, 7) is 2.87. The first-order valence-corrected chi connectivity index (χ1v) is 9.28. The normalized spacial score (nSPS) is 18.1. The molecule has 1 aromatic carbocycles. The highest BCUT2D eigenvalue weighted by atomic mass is 19.1. The van der Waals surface area contributed by atoms with Gasteiger partial charge >= 0.3 is 6.03 Å². The molecule has 26 heavy (non-hydrogen) atoms. The number of hydrogen-bond donors (Lipinski definition) is 1. The maximum Gasteiger partial charge on any atom is 0.319 e. The van der Waals surface area contributed by atoms with Crippen molar-refractivity contribution in [1.29, 1.82) is 0 Å². The number of piperidine rings is 1. The summed E-state index contributed by atoms with van der Waals surface area (Å²) in [7, 11) is 3.44. The number of halogens is 1. The quantitative estimate of drug-likeness (QED) is 0.900. The fraction of sp³-hybridized carbons (Fsp3) is 0.579. The van der Waals surface area contributed by atoms with Crippen molar-refractivity contribution in [3.63, 3.8) is 0 Å². The Labute approximate surface area is 153 Å². The monoisotopic (exact) mass is 362 g/mol. The lowest BCUT2D eigenvalue weighted by molar-refractivity contribution is -0.121. The zero-order valence-corrected chi connectivity index (χ0v) is 15.5. The van der Waals surface area contributed by atoms with Crippen LogP contribution in [0.3, 0.4) is 0 Å². The average Bonchev–Trinajstić information content (AvgIpc) is 3.17. The molecule has 2 aliphatic rings. The predicted molar refractivity (Wildman–Crippen MR) is 99.9 cm³/mol. The number of carbonyl (C=O) groups excluding carboxylic acids is 2. The minimum Gasteiger partial charge on any atom is -0.370 e. The molecule has 0 atom stereocenters. The summed E-state index contributed by atoms with van der Waals surface area (Å²) in [6.07, 6.45) is 3.36. The number of rotatable bonds is 3. The molecule has 1 aromatic rings. The highest BCUT2D eigenvalue weighted by molar-refractivity contribution is 5.96. The second-order valence-corrected chi connectivity index (χ2v) is 7.26. The molecule has 0 bridgehead atoms. The number of anilines is 2. The van der Waals surface area contributed by atoms with Crippen LogP contribution >= 0.6 is 0 Å². The van der Waals surface area contributed by atoms with Gasteiger partial charge < -0.3 is 20.0 Å². The third kappa shape index (κ3) is 3.92. The molecule has 3 amide bonds. The molecule has 7 heteroatoms. The SMILES string of the molecule is CN(C)C(=O)N1CCC(C(=O)Nc2c(F)cccc2N2CCCC2)CC1. The number of urea groups is 1. The van der Waals surface area contributed by atoms with E-state index in [1.165, 1.54) is 6.07 Å². The van der Waals surface area contributed by atoms with Crippen molar-refractivity contribution in [2.24, 2.45) is 5.92 Å². The zero-order valence-electron chi connectivity index (χ0n) is 15.5. The molecule has 2 aliphatic heterocycles. The molecule has 0 aliphatic carbocycles. The van der Waals surface area contributed by atoms with E-state index in [1.807, 2.05) is 6.07 Å². The summed E-state index contributed by atoms with van der Waals surface area (Å²) in [4.78, 5) is 30.1. The summed E-state index contributed by atoms with van der Waals surface area (Å²) in [5.74, 6) is -0.761. The molecule has 1 N–H and O–H groups in total. The van der Waals surface area contributed by atoms with Crippen LogP contribution in [0.4, 0.5) is 20.6 Å². The molecule has 3 rings (SSSR count). The Morgan fingerprint density at radius 1 is 1.12 bits per heavy atom. The fourth-order valence-corrected chi connectivity index (χ4v) is 3.70. The summed E-state index contributed by atoms with van der Waals surface area (Å²) >= 11 is 0. The molecule has 0 saturated carbocycles. The Hall–Kier alpha value is -2.31. The van der Waals surface area contributed by atoms with E-state index >= 15 is 0 Å². The van der Waals surface area contributed by atoms with Gasteiger partial charge in [0.15, 0.2) is 0 Å². The minimum absolute atomic E-state index is 0.0331. The topological polar surface area (TPSA) is 55.9 Å². The highest BCUT2D eigenvalue weighted by Crippen LogP contribution is 2.32. The van der Waals surface area contributed by atoms with E-state index in [0.717, 1.165) is 31.6 Å². The van der Waals surface area contributed by atoms with Crippen molar-refractivity contribution in [3.05, 3.63) is 24.0 Å².